The molecule has 3 aromatic rings. The van der Waals surface area contributed by atoms with E-state index in [-0.39, 0.29) is 34.0 Å². The Hall–Kier alpha value is -4.08. The maximum atomic E-state index is 12.7. The van der Waals surface area contributed by atoms with Crippen LogP contribution in [0.25, 0.3) is 11.0 Å². The van der Waals surface area contributed by atoms with Crippen molar-refractivity contribution in [1.29, 1.82) is 0 Å². The zero-order valence-electron chi connectivity index (χ0n) is 15.7. The summed E-state index contributed by atoms with van der Waals surface area (Å²) in [4.78, 5) is 35.3. The fourth-order valence-corrected chi connectivity index (χ4v) is 2.77. The van der Waals surface area contributed by atoms with Crippen LogP contribution in [0, 0.1) is 10.1 Å². The first-order valence-electron chi connectivity index (χ1n) is 8.22. The van der Waals surface area contributed by atoms with Crippen LogP contribution in [-0.2, 0) is 0 Å². The predicted molar refractivity (Wildman–Crippen MR) is 103 cm³/mol. The number of methoxy groups -OCH3 is 3. The Morgan fingerprint density at radius 3 is 2.28 bits per heavy atom. The molecular formula is C19H16N2O8. The summed E-state index contributed by atoms with van der Waals surface area (Å²) in [5.74, 6) is 0.196. The lowest BCUT2D eigenvalue weighted by molar-refractivity contribution is -0.383. The van der Waals surface area contributed by atoms with Crippen molar-refractivity contribution in [3.63, 3.8) is 0 Å². The molecule has 0 saturated carbocycles. The third kappa shape index (κ3) is 3.68. The van der Waals surface area contributed by atoms with Gasteiger partial charge in [0.25, 0.3) is 5.91 Å². The Morgan fingerprint density at radius 1 is 1.07 bits per heavy atom. The van der Waals surface area contributed by atoms with Crippen molar-refractivity contribution in [2.24, 2.45) is 0 Å². The number of nitrogens with zero attached hydrogens (tertiary/aromatic N) is 1. The molecule has 0 radical (unpaired) electrons. The van der Waals surface area contributed by atoms with Crippen LogP contribution < -0.4 is 25.2 Å². The molecule has 10 nitrogen and oxygen atoms in total. The summed E-state index contributed by atoms with van der Waals surface area (Å²) in [6.07, 6.45) is 0. The Kier molecular flexibility index (Phi) is 5.35. The first-order chi connectivity index (χ1) is 13.9. The summed E-state index contributed by atoms with van der Waals surface area (Å²) in [7, 11) is 4.24. The number of amides is 1. The number of nitro benzene ring substituents is 1. The fourth-order valence-electron chi connectivity index (χ4n) is 2.77. The Labute approximate surface area is 163 Å². The van der Waals surface area contributed by atoms with Gasteiger partial charge in [0.2, 0.25) is 11.3 Å². The van der Waals surface area contributed by atoms with Crippen LogP contribution in [0.3, 0.4) is 0 Å². The summed E-state index contributed by atoms with van der Waals surface area (Å²) in [5, 5.41) is 13.8. The van der Waals surface area contributed by atoms with Crippen LogP contribution in [0.1, 0.15) is 10.4 Å². The van der Waals surface area contributed by atoms with E-state index in [1.165, 1.54) is 57.7 Å². The lowest BCUT2D eigenvalue weighted by Gasteiger charge is -2.14. The van der Waals surface area contributed by atoms with Gasteiger partial charge in [0.1, 0.15) is 5.69 Å². The van der Waals surface area contributed by atoms with Crippen molar-refractivity contribution in [3.8, 4) is 17.2 Å². The maximum absolute atomic E-state index is 12.7. The molecule has 0 aliphatic carbocycles. The number of fused-ring (bicyclic) bond motifs is 1. The van der Waals surface area contributed by atoms with E-state index in [1.807, 2.05) is 0 Å². The molecule has 10 heteroatoms. The van der Waals surface area contributed by atoms with E-state index in [0.29, 0.717) is 11.1 Å². The molecule has 0 fully saturated rings. The minimum atomic E-state index is -0.924. The van der Waals surface area contributed by atoms with Gasteiger partial charge >= 0.3 is 11.3 Å². The molecule has 1 N–H and O–H groups in total. The zero-order valence-corrected chi connectivity index (χ0v) is 15.7. The average molecular weight is 400 g/mol. The van der Waals surface area contributed by atoms with Crippen molar-refractivity contribution in [3.05, 3.63) is 62.5 Å². The SMILES string of the molecule is COc1cc(C(=O)Nc2cc3cccc([N+](=O)[O-])c3oc2=O)cc(OC)c1OC. The van der Waals surface area contributed by atoms with Crippen LogP contribution in [-0.4, -0.2) is 32.2 Å². The Bertz CT molecular complexity index is 1140. The molecule has 1 heterocycles. The van der Waals surface area contributed by atoms with Gasteiger partial charge in [-0.1, -0.05) is 12.1 Å². The number of hydrogen-bond donors (Lipinski definition) is 1. The zero-order chi connectivity index (χ0) is 21.1. The number of nitro groups is 1. The topological polar surface area (TPSA) is 130 Å². The van der Waals surface area contributed by atoms with E-state index in [4.69, 9.17) is 18.6 Å². The van der Waals surface area contributed by atoms with Gasteiger partial charge in [-0.15, -0.1) is 0 Å². The molecule has 150 valence electrons. The Balaban J connectivity index is 2.01. The predicted octanol–water partition coefficient (Wildman–Crippen LogP) is 2.98. The van der Waals surface area contributed by atoms with Crippen LogP contribution in [0.5, 0.6) is 17.2 Å². The first kappa shape index (κ1) is 19.7. The summed E-state index contributed by atoms with van der Waals surface area (Å²) >= 11 is 0. The van der Waals surface area contributed by atoms with Gasteiger partial charge in [-0.25, -0.2) is 4.79 Å². The molecule has 0 saturated heterocycles. The quantitative estimate of drug-likeness (QED) is 0.380. The molecule has 3 rings (SSSR count). The molecule has 29 heavy (non-hydrogen) atoms. The molecule has 0 unspecified atom stereocenters. The van der Waals surface area contributed by atoms with E-state index < -0.39 is 16.5 Å². The highest BCUT2D eigenvalue weighted by Crippen LogP contribution is 2.38. The average Bonchev–Trinajstić information content (AvgIpc) is 2.72. The molecule has 0 aliphatic heterocycles. The third-order valence-electron chi connectivity index (χ3n) is 4.11. The highest BCUT2D eigenvalue weighted by atomic mass is 16.6. The molecule has 1 amide bonds. The molecule has 0 aliphatic rings. The van der Waals surface area contributed by atoms with E-state index in [2.05, 4.69) is 5.32 Å². The van der Waals surface area contributed by atoms with E-state index in [1.54, 1.807) is 0 Å². The van der Waals surface area contributed by atoms with Gasteiger partial charge in [0.05, 0.1) is 26.3 Å². The lowest BCUT2D eigenvalue weighted by Crippen LogP contribution is -2.18. The summed E-state index contributed by atoms with van der Waals surface area (Å²) in [6, 6.07) is 8.35. The number of carbonyl (C=O) groups excluding carboxylic acids is 1. The molecule has 0 spiro atoms. The highest BCUT2D eigenvalue weighted by Gasteiger charge is 2.20. The standard InChI is InChI=1S/C19H16N2O8/c1-26-14-8-11(9-15(27-2)17(14)28-3)18(22)20-12-7-10-5-4-6-13(21(24)25)16(10)29-19(12)23/h4-9H,1-3H3,(H,20,22). The van der Waals surface area contributed by atoms with Crippen LogP contribution >= 0.6 is 0 Å². The lowest BCUT2D eigenvalue weighted by atomic mass is 10.1. The smallest absolute Gasteiger partial charge is 0.360 e. The summed E-state index contributed by atoms with van der Waals surface area (Å²) in [6.45, 7) is 0. The fraction of sp³-hybridized carbons (Fsp3) is 0.158. The van der Waals surface area contributed by atoms with Gasteiger partial charge in [-0.05, 0) is 18.2 Å². The molecular weight excluding hydrogens is 384 g/mol. The summed E-state index contributed by atoms with van der Waals surface area (Å²) in [5.41, 5.74) is -1.47. The molecule has 0 atom stereocenters. The van der Waals surface area contributed by atoms with Gasteiger partial charge in [0.15, 0.2) is 11.5 Å². The number of carbonyl (C=O) groups is 1. The van der Waals surface area contributed by atoms with Crippen molar-refractivity contribution in [2.75, 3.05) is 26.6 Å². The maximum Gasteiger partial charge on any atom is 0.360 e. The normalized spacial score (nSPS) is 10.4. The third-order valence-corrected chi connectivity index (χ3v) is 4.11. The highest BCUT2D eigenvalue weighted by molar-refractivity contribution is 6.05. The number of para-hydroxylation sites is 1. The Morgan fingerprint density at radius 2 is 1.72 bits per heavy atom. The second-order valence-corrected chi connectivity index (χ2v) is 5.77. The monoisotopic (exact) mass is 400 g/mol. The number of hydrogen-bond acceptors (Lipinski definition) is 8. The van der Waals surface area contributed by atoms with Crippen molar-refractivity contribution < 1.29 is 28.3 Å². The summed E-state index contributed by atoms with van der Waals surface area (Å²) < 4.78 is 20.7. The number of rotatable bonds is 6. The second kappa shape index (κ2) is 7.89. The molecule has 1 aromatic heterocycles. The number of non-ortho nitro benzene ring substituents is 1. The van der Waals surface area contributed by atoms with E-state index in [9.17, 15) is 19.7 Å². The van der Waals surface area contributed by atoms with E-state index in [0.717, 1.165) is 0 Å². The molecule has 0 bridgehead atoms. The molecule has 2 aromatic carbocycles. The van der Waals surface area contributed by atoms with Crippen molar-refractivity contribution >= 4 is 28.3 Å². The van der Waals surface area contributed by atoms with Crippen molar-refractivity contribution in [2.45, 2.75) is 0 Å². The van der Waals surface area contributed by atoms with Gasteiger partial charge in [-0.2, -0.15) is 0 Å². The van der Waals surface area contributed by atoms with Gasteiger partial charge in [0, 0.05) is 17.0 Å². The second-order valence-electron chi connectivity index (χ2n) is 5.77. The van der Waals surface area contributed by atoms with E-state index >= 15 is 0 Å². The van der Waals surface area contributed by atoms with Gasteiger partial charge in [-0.3, -0.25) is 14.9 Å². The first-order valence-corrected chi connectivity index (χ1v) is 8.22. The number of benzene rings is 2. The number of anilines is 1. The minimum Gasteiger partial charge on any atom is -0.493 e. The van der Waals surface area contributed by atoms with Crippen LogP contribution in [0.4, 0.5) is 11.4 Å². The number of nitrogens with one attached hydrogen (secondary N) is 1. The largest absolute Gasteiger partial charge is 0.493 e. The van der Waals surface area contributed by atoms with Crippen LogP contribution in [0.2, 0.25) is 0 Å². The van der Waals surface area contributed by atoms with Gasteiger partial charge < -0.3 is 23.9 Å². The minimum absolute atomic E-state index is 0.137. The van der Waals surface area contributed by atoms with Crippen LogP contribution in [0.15, 0.2) is 45.6 Å². The number of ether oxygens (including phenoxy) is 3. The van der Waals surface area contributed by atoms with Crippen molar-refractivity contribution in [1.82, 2.24) is 0 Å².